The van der Waals surface area contributed by atoms with E-state index >= 15 is 0 Å². The van der Waals surface area contributed by atoms with Gasteiger partial charge in [-0.3, -0.25) is 9.10 Å². The molecular weight excluding hydrogens is 310 g/mol. The molecule has 0 aromatic carbocycles. The first-order valence-electron chi connectivity index (χ1n) is 4.78. The van der Waals surface area contributed by atoms with E-state index < -0.39 is 10.9 Å². The molecule has 0 bridgehead atoms. The van der Waals surface area contributed by atoms with Crippen LogP contribution in [0.1, 0.15) is 6.92 Å². The minimum absolute atomic E-state index is 0.160. The Bertz CT molecular complexity index is 453. The van der Waals surface area contributed by atoms with Crippen molar-refractivity contribution in [2.24, 2.45) is 0 Å². The van der Waals surface area contributed by atoms with Crippen molar-refractivity contribution in [3.05, 3.63) is 22.8 Å². The van der Waals surface area contributed by atoms with Gasteiger partial charge in [-0.1, -0.05) is 0 Å². The Hall–Kier alpha value is -1.15. The van der Waals surface area contributed by atoms with Crippen LogP contribution < -0.4 is 9.62 Å². The van der Waals surface area contributed by atoms with Crippen LogP contribution in [0.25, 0.3) is 0 Å². The summed E-state index contributed by atoms with van der Waals surface area (Å²) in [6, 6.07) is 3.29. The first kappa shape index (κ1) is 13.9. The molecule has 0 unspecified atom stereocenters. The van der Waals surface area contributed by atoms with Gasteiger partial charge in [0.2, 0.25) is 16.8 Å². The second-order valence-electron chi connectivity index (χ2n) is 3.18. The van der Waals surface area contributed by atoms with Gasteiger partial charge in [0.15, 0.2) is 0 Å². The highest BCUT2D eigenvalue weighted by Gasteiger charge is 2.09. The van der Waals surface area contributed by atoms with E-state index in [0.717, 1.165) is 8.78 Å². The minimum Gasteiger partial charge on any atom is -0.355 e. The summed E-state index contributed by atoms with van der Waals surface area (Å²) in [5, 5.41) is 2.53. The van der Waals surface area contributed by atoms with Crippen LogP contribution in [0.2, 0.25) is 0 Å². The highest BCUT2D eigenvalue weighted by atomic mass is 79.9. The van der Waals surface area contributed by atoms with E-state index in [1.807, 2.05) is 0 Å². The lowest BCUT2D eigenvalue weighted by molar-refractivity contribution is -0.118. The fraction of sp³-hybridized carbons (Fsp3) is 0.333. The zero-order valence-electron chi connectivity index (χ0n) is 9.09. The van der Waals surface area contributed by atoms with Crippen molar-refractivity contribution in [2.75, 3.05) is 17.4 Å². The summed E-state index contributed by atoms with van der Waals surface area (Å²) in [6.45, 7) is 1.78. The number of nitrogens with one attached hydrogen (secondary N) is 1. The average Bonchev–Trinajstić information content (AvgIpc) is 2.25. The van der Waals surface area contributed by atoms with Gasteiger partial charge < -0.3 is 5.32 Å². The molecule has 0 saturated carbocycles. The summed E-state index contributed by atoms with van der Waals surface area (Å²) < 4.78 is 24.0. The van der Waals surface area contributed by atoms with E-state index in [0.29, 0.717) is 5.82 Å². The number of nitrogens with zero attached hydrogens (tertiary/aromatic N) is 2. The van der Waals surface area contributed by atoms with E-state index in [1.54, 1.807) is 12.1 Å². The van der Waals surface area contributed by atoms with Crippen LogP contribution in [0.15, 0.2) is 22.8 Å². The molecule has 1 amide bonds. The van der Waals surface area contributed by atoms with Crippen molar-refractivity contribution < 1.29 is 13.2 Å². The number of thiol groups is 1. The van der Waals surface area contributed by atoms with Crippen molar-refractivity contribution in [3.63, 3.8) is 0 Å². The van der Waals surface area contributed by atoms with Crippen molar-refractivity contribution in [1.29, 1.82) is 0 Å². The number of pyridine rings is 1. The third-order valence-corrected chi connectivity index (χ3v) is 3.14. The first-order valence-corrected chi connectivity index (χ1v) is 6.71. The topological polar surface area (TPSA) is 79.4 Å². The monoisotopic (exact) mass is 321 g/mol. The smallest absolute Gasteiger partial charge is 0.226 e. The molecule has 0 fully saturated rings. The predicted octanol–water partition coefficient (Wildman–Crippen LogP) is 0.313. The molecule has 1 heterocycles. The molecule has 0 atom stereocenters. The Morgan fingerprint density at radius 3 is 2.71 bits per heavy atom. The van der Waals surface area contributed by atoms with Crippen LogP contribution in [-0.2, 0) is 15.7 Å². The second kappa shape index (κ2) is 6.55. The molecule has 1 aromatic heterocycles. The maximum atomic E-state index is 11.1. The largest absolute Gasteiger partial charge is 0.355 e. The molecule has 6 nitrogen and oxygen atoms in total. The molecule has 1 rings (SSSR count). The fourth-order valence-corrected chi connectivity index (χ4v) is 1.92. The molecule has 8 heteroatoms. The highest BCUT2D eigenvalue weighted by molar-refractivity contribution is 9.10. The number of halogens is 1. The van der Waals surface area contributed by atoms with Crippen molar-refractivity contribution >= 4 is 38.5 Å². The van der Waals surface area contributed by atoms with Gasteiger partial charge in [-0.2, -0.15) is 0 Å². The summed E-state index contributed by atoms with van der Waals surface area (Å²) in [6.07, 6.45) is 1.51. The molecule has 94 valence electrons. The number of anilines is 1. The summed E-state index contributed by atoms with van der Waals surface area (Å²) in [4.78, 5) is 14.7. The number of carbonyl (C=O) groups is 1. The van der Waals surface area contributed by atoms with Crippen LogP contribution in [0.5, 0.6) is 0 Å². The maximum absolute atomic E-state index is 11.1. The highest BCUT2D eigenvalue weighted by Crippen LogP contribution is 2.14. The number of aromatic nitrogens is 1. The summed E-state index contributed by atoms with van der Waals surface area (Å²) >= 11 is 3.21. The van der Waals surface area contributed by atoms with Gasteiger partial charge in [-0.15, -0.1) is 0 Å². The van der Waals surface area contributed by atoms with Gasteiger partial charge in [0.1, 0.15) is 5.82 Å². The van der Waals surface area contributed by atoms with Crippen molar-refractivity contribution in [1.82, 2.24) is 10.3 Å². The van der Waals surface area contributed by atoms with Gasteiger partial charge >= 0.3 is 0 Å². The number of amides is 1. The predicted molar refractivity (Wildman–Crippen MR) is 68.3 cm³/mol. The lowest BCUT2D eigenvalue weighted by Gasteiger charge is -2.16. The summed E-state index contributed by atoms with van der Waals surface area (Å²) in [5.41, 5.74) is 0. The quantitative estimate of drug-likeness (QED) is 0.765. The Labute approximate surface area is 109 Å². The lowest BCUT2D eigenvalue weighted by Crippen LogP contribution is -2.33. The minimum atomic E-state index is -2.78. The van der Waals surface area contributed by atoms with E-state index in [2.05, 4.69) is 26.2 Å². The molecule has 1 N–H and O–H groups in total. The zero-order valence-corrected chi connectivity index (χ0v) is 11.6. The van der Waals surface area contributed by atoms with E-state index in [1.165, 1.54) is 13.1 Å². The molecule has 0 radical (unpaired) electrons. The van der Waals surface area contributed by atoms with Gasteiger partial charge in [0.25, 0.3) is 0 Å². The van der Waals surface area contributed by atoms with E-state index in [9.17, 15) is 13.2 Å². The molecule has 0 aliphatic carbocycles. The van der Waals surface area contributed by atoms with Crippen LogP contribution in [-0.4, -0.2) is 32.4 Å². The van der Waals surface area contributed by atoms with E-state index in [-0.39, 0.29) is 19.0 Å². The van der Waals surface area contributed by atoms with Crippen LogP contribution in [0.4, 0.5) is 5.82 Å². The average molecular weight is 322 g/mol. The van der Waals surface area contributed by atoms with Gasteiger partial charge in [0.05, 0.1) is 6.54 Å². The molecule has 0 aliphatic heterocycles. The lowest BCUT2D eigenvalue weighted by atomic mass is 10.4. The number of rotatable bonds is 5. The standard InChI is InChI=1S/C9H12BrN3O3S/c1-7(14)11-4-5-13(17(15)16)9-3-2-8(10)6-12-9/h2-3,6,17H,4-5H2,1H3,(H,11,14). The van der Waals surface area contributed by atoms with Crippen LogP contribution >= 0.6 is 15.9 Å². The van der Waals surface area contributed by atoms with Crippen LogP contribution in [0.3, 0.4) is 0 Å². The Morgan fingerprint density at radius 1 is 1.53 bits per heavy atom. The van der Waals surface area contributed by atoms with E-state index in [4.69, 9.17) is 0 Å². The molecule has 0 spiro atoms. The van der Waals surface area contributed by atoms with Crippen LogP contribution in [0, 0.1) is 0 Å². The number of hydrogen-bond donors (Lipinski definition) is 2. The molecule has 1 aromatic rings. The molecule has 0 aliphatic rings. The molecule has 17 heavy (non-hydrogen) atoms. The first-order chi connectivity index (χ1) is 8.00. The Kier molecular flexibility index (Phi) is 5.36. The maximum Gasteiger partial charge on any atom is 0.226 e. The molecule has 0 saturated heterocycles. The van der Waals surface area contributed by atoms with Gasteiger partial charge in [-0.25, -0.2) is 13.4 Å². The third-order valence-electron chi connectivity index (χ3n) is 1.87. The Balaban J connectivity index is 2.72. The second-order valence-corrected chi connectivity index (χ2v) is 5.05. The normalized spacial score (nSPS) is 10.3. The SMILES string of the molecule is CC(=O)NCCN(c1ccc(Br)cn1)[SH](=O)=O. The third kappa shape index (κ3) is 4.70. The van der Waals surface area contributed by atoms with Crippen molar-refractivity contribution in [3.8, 4) is 0 Å². The summed E-state index contributed by atoms with van der Waals surface area (Å²) in [5.74, 6) is 0.129. The number of carbonyl (C=O) groups excluding carboxylic acids is 1. The van der Waals surface area contributed by atoms with Gasteiger partial charge in [0, 0.05) is 24.1 Å². The summed E-state index contributed by atoms with van der Waals surface area (Å²) in [7, 11) is -2.78. The zero-order chi connectivity index (χ0) is 12.8. The Morgan fingerprint density at radius 2 is 2.24 bits per heavy atom. The van der Waals surface area contributed by atoms with Crippen molar-refractivity contribution in [2.45, 2.75) is 6.92 Å². The fourth-order valence-electron chi connectivity index (χ4n) is 1.14. The molecular formula is C9H12BrN3O3S. The van der Waals surface area contributed by atoms with Gasteiger partial charge in [-0.05, 0) is 28.1 Å². The number of hydrogen-bond acceptors (Lipinski definition) is 4.